The zero-order valence-electron chi connectivity index (χ0n) is 20.5. The van der Waals surface area contributed by atoms with E-state index in [1.807, 2.05) is 36.4 Å². The fourth-order valence-corrected chi connectivity index (χ4v) is 3.54. The van der Waals surface area contributed by atoms with Gasteiger partial charge in [-0.1, -0.05) is 43.2 Å². The number of benzene rings is 1. The molecule has 9 nitrogen and oxygen atoms in total. The molecule has 1 aromatic heterocycles. The van der Waals surface area contributed by atoms with Crippen LogP contribution in [0.25, 0.3) is 0 Å². The smallest absolute Gasteiger partial charge is 0.323 e. The molecule has 9 heteroatoms. The second-order valence-corrected chi connectivity index (χ2v) is 8.15. The highest BCUT2D eigenvalue weighted by atomic mass is 16.6. The van der Waals surface area contributed by atoms with Gasteiger partial charge in [-0.2, -0.15) is 0 Å². The maximum atomic E-state index is 12.4. The van der Waals surface area contributed by atoms with Gasteiger partial charge in [0.15, 0.2) is 0 Å². The predicted molar refractivity (Wildman–Crippen MR) is 133 cm³/mol. The summed E-state index contributed by atoms with van der Waals surface area (Å²) in [5.41, 5.74) is 4.78. The van der Waals surface area contributed by atoms with Crippen LogP contribution >= 0.6 is 0 Å². The van der Waals surface area contributed by atoms with E-state index in [-0.39, 0.29) is 17.8 Å². The number of rotatable bonds is 16. The van der Waals surface area contributed by atoms with Gasteiger partial charge in [-0.25, -0.2) is 5.48 Å². The average Bonchev–Trinajstić information content (AvgIpc) is 2.85. The summed E-state index contributed by atoms with van der Waals surface area (Å²) >= 11 is 0. The molecule has 35 heavy (non-hydrogen) atoms. The molecule has 3 N–H and O–H groups in total. The Labute approximate surface area is 206 Å². The van der Waals surface area contributed by atoms with Crippen LogP contribution in [0.2, 0.25) is 0 Å². The minimum absolute atomic E-state index is 0.0810. The lowest BCUT2D eigenvalue weighted by atomic mass is 10.1. The Bertz CT molecular complexity index is 923. The van der Waals surface area contributed by atoms with Crippen molar-refractivity contribution in [2.75, 3.05) is 19.0 Å². The lowest BCUT2D eigenvalue weighted by molar-refractivity contribution is -0.145. The zero-order chi connectivity index (χ0) is 25.3. The van der Waals surface area contributed by atoms with Crippen LogP contribution in [0.1, 0.15) is 56.6 Å². The molecule has 0 unspecified atom stereocenters. The molecule has 0 saturated heterocycles. The van der Waals surface area contributed by atoms with E-state index in [1.54, 1.807) is 19.3 Å². The second kappa shape index (κ2) is 16.3. The van der Waals surface area contributed by atoms with Crippen LogP contribution in [-0.2, 0) is 36.9 Å². The maximum absolute atomic E-state index is 12.4. The minimum Gasteiger partial charge on any atom is -0.465 e. The fraction of sp³-hybridized carbons (Fsp3) is 0.462. The molecule has 0 bridgehead atoms. The van der Waals surface area contributed by atoms with Crippen LogP contribution in [0, 0.1) is 0 Å². The SMILES string of the molecule is CCOC(=O)[C@H](Cc1ccccc1)NCc1cncc(NC(=O)CCCCCCC(=O)NOC)c1. The first-order valence-corrected chi connectivity index (χ1v) is 12.0. The van der Waals surface area contributed by atoms with Crippen molar-refractivity contribution in [3.8, 4) is 0 Å². The van der Waals surface area contributed by atoms with Crippen LogP contribution in [0.3, 0.4) is 0 Å². The van der Waals surface area contributed by atoms with Crippen LogP contribution in [0.5, 0.6) is 0 Å². The molecule has 2 amide bonds. The lowest BCUT2D eigenvalue weighted by Gasteiger charge is -2.17. The van der Waals surface area contributed by atoms with Gasteiger partial charge >= 0.3 is 5.97 Å². The number of ether oxygens (including phenoxy) is 1. The third-order valence-electron chi connectivity index (χ3n) is 5.26. The Morgan fingerprint density at radius 1 is 0.943 bits per heavy atom. The first-order chi connectivity index (χ1) is 17.0. The van der Waals surface area contributed by atoms with Crippen LogP contribution in [0.15, 0.2) is 48.8 Å². The van der Waals surface area contributed by atoms with Crippen molar-refractivity contribution < 1.29 is 24.0 Å². The van der Waals surface area contributed by atoms with E-state index in [2.05, 4.69) is 25.9 Å². The number of amides is 2. The lowest BCUT2D eigenvalue weighted by Crippen LogP contribution is -2.39. The third kappa shape index (κ3) is 11.6. The molecule has 1 atom stereocenters. The highest BCUT2D eigenvalue weighted by molar-refractivity contribution is 5.90. The Kier molecular flexibility index (Phi) is 13.1. The summed E-state index contributed by atoms with van der Waals surface area (Å²) in [6.07, 6.45) is 7.87. The number of nitrogens with zero attached hydrogens (tertiary/aromatic N) is 1. The Hall–Kier alpha value is -3.30. The fourth-order valence-electron chi connectivity index (χ4n) is 3.54. The number of esters is 1. The molecule has 2 rings (SSSR count). The van der Waals surface area contributed by atoms with Crippen molar-refractivity contribution in [3.63, 3.8) is 0 Å². The number of unbranched alkanes of at least 4 members (excludes halogenated alkanes) is 3. The first kappa shape index (κ1) is 27.9. The number of carbonyl (C=O) groups excluding carboxylic acids is 3. The number of hydroxylamine groups is 1. The van der Waals surface area contributed by atoms with Gasteiger partial charge in [0, 0.05) is 25.6 Å². The number of aromatic nitrogens is 1. The van der Waals surface area contributed by atoms with Crippen LogP contribution in [-0.4, -0.2) is 42.5 Å². The molecule has 2 aromatic rings. The summed E-state index contributed by atoms with van der Waals surface area (Å²) in [7, 11) is 1.41. The molecule has 0 fully saturated rings. The molecule has 0 saturated carbocycles. The number of anilines is 1. The maximum Gasteiger partial charge on any atom is 0.323 e. The van der Waals surface area contributed by atoms with Gasteiger partial charge in [0.1, 0.15) is 6.04 Å². The van der Waals surface area contributed by atoms with E-state index >= 15 is 0 Å². The van der Waals surface area contributed by atoms with Gasteiger partial charge < -0.3 is 10.1 Å². The monoisotopic (exact) mass is 484 g/mol. The molecule has 1 aromatic carbocycles. The van der Waals surface area contributed by atoms with E-state index in [9.17, 15) is 14.4 Å². The average molecular weight is 485 g/mol. The van der Waals surface area contributed by atoms with Gasteiger partial charge in [0.25, 0.3) is 0 Å². The van der Waals surface area contributed by atoms with Gasteiger partial charge in [0.2, 0.25) is 11.8 Å². The predicted octanol–water partition coefficient (Wildman–Crippen LogP) is 3.30. The summed E-state index contributed by atoms with van der Waals surface area (Å²) in [5, 5.41) is 6.13. The number of hydrogen-bond donors (Lipinski definition) is 3. The molecule has 190 valence electrons. The van der Waals surface area contributed by atoms with Gasteiger partial charge in [0.05, 0.1) is 25.6 Å². The van der Waals surface area contributed by atoms with Crippen molar-refractivity contribution >= 4 is 23.5 Å². The number of nitrogens with one attached hydrogen (secondary N) is 3. The summed E-state index contributed by atoms with van der Waals surface area (Å²) in [6, 6.07) is 11.1. The Morgan fingerprint density at radius 2 is 1.66 bits per heavy atom. The quantitative estimate of drug-likeness (QED) is 0.190. The number of pyridine rings is 1. The van der Waals surface area contributed by atoms with Crippen molar-refractivity contribution in [2.24, 2.45) is 0 Å². The molecule has 0 radical (unpaired) electrons. The highest BCUT2D eigenvalue weighted by Crippen LogP contribution is 2.12. The largest absolute Gasteiger partial charge is 0.465 e. The standard InChI is InChI=1S/C26H36N4O5/c1-3-35-26(33)23(16-20-11-7-6-8-12-20)28-18-21-15-22(19-27-17-21)29-24(31)13-9-4-5-10-14-25(32)30-34-2/h6-8,11-12,15,17,19,23,28H,3-5,9-10,13-14,16,18H2,1-2H3,(H,29,31)(H,30,32)/t23-/m0/s1. The van der Waals surface area contributed by atoms with Crippen molar-refractivity contribution in [1.82, 2.24) is 15.8 Å². The summed E-state index contributed by atoms with van der Waals surface area (Å²) in [5.74, 6) is -0.517. The van der Waals surface area contributed by atoms with Gasteiger partial charge in [-0.05, 0) is 43.4 Å². The van der Waals surface area contributed by atoms with E-state index in [0.717, 1.165) is 36.8 Å². The number of hydrogen-bond acceptors (Lipinski definition) is 7. The topological polar surface area (TPSA) is 119 Å². The van der Waals surface area contributed by atoms with Gasteiger partial charge in [-0.15, -0.1) is 0 Å². The van der Waals surface area contributed by atoms with E-state index in [0.29, 0.717) is 38.1 Å². The summed E-state index contributed by atoms with van der Waals surface area (Å²) < 4.78 is 5.23. The number of carbonyl (C=O) groups is 3. The Balaban J connectivity index is 1.78. The third-order valence-corrected chi connectivity index (χ3v) is 5.26. The first-order valence-electron chi connectivity index (χ1n) is 12.0. The molecule has 0 spiro atoms. The molecular weight excluding hydrogens is 448 g/mol. The highest BCUT2D eigenvalue weighted by Gasteiger charge is 2.20. The summed E-state index contributed by atoms with van der Waals surface area (Å²) in [6.45, 7) is 2.51. The molecule has 0 aliphatic heterocycles. The molecular formula is C26H36N4O5. The molecule has 0 aliphatic carbocycles. The zero-order valence-corrected chi connectivity index (χ0v) is 20.5. The molecule has 0 aliphatic rings. The summed E-state index contributed by atoms with van der Waals surface area (Å²) in [4.78, 5) is 44.8. The van der Waals surface area contributed by atoms with Gasteiger partial charge in [-0.3, -0.25) is 29.5 Å². The van der Waals surface area contributed by atoms with Crippen LogP contribution in [0.4, 0.5) is 5.69 Å². The van der Waals surface area contributed by atoms with E-state index in [4.69, 9.17) is 4.74 Å². The second-order valence-electron chi connectivity index (χ2n) is 8.15. The van der Waals surface area contributed by atoms with E-state index < -0.39 is 6.04 Å². The Morgan fingerprint density at radius 3 is 2.34 bits per heavy atom. The van der Waals surface area contributed by atoms with Crippen molar-refractivity contribution in [3.05, 3.63) is 59.9 Å². The normalized spacial score (nSPS) is 11.5. The van der Waals surface area contributed by atoms with Crippen LogP contribution < -0.4 is 16.1 Å². The van der Waals surface area contributed by atoms with Crippen molar-refractivity contribution in [2.45, 2.75) is 64.5 Å². The van der Waals surface area contributed by atoms with Crippen molar-refractivity contribution in [1.29, 1.82) is 0 Å². The minimum atomic E-state index is -0.490. The van der Waals surface area contributed by atoms with E-state index in [1.165, 1.54) is 7.11 Å². The molecule has 1 heterocycles.